The predicted octanol–water partition coefficient (Wildman–Crippen LogP) is 1.83. The van der Waals surface area contributed by atoms with Crippen molar-refractivity contribution in [3.63, 3.8) is 0 Å². The number of nitrogens with zero attached hydrogens (tertiary/aromatic N) is 1. The Morgan fingerprint density at radius 3 is 2.88 bits per heavy atom. The van der Waals surface area contributed by atoms with Crippen molar-refractivity contribution < 1.29 is 9.90 Å². The molecule has 0 unspecified atom stereocenters. The van der Waals surface area contributed by atoms with Gasteiger partial charge in [0.25, 0.3) is 5.91 Å². The predicted molar refractivity (Wildman–Crippen MR) is 63.9 cm³/mol. The molecule has 4 heteroatoms. The number of fused-ring (bicyclic) bond motifs is 1. The van der Waals surface area contributed by atoms with Gasteiger partial charge in [0, 0.05) is 11.4 Å². The van der Waals surface area contributed by atoms with Crippen molar-refractivity contribution in [3.8, 4) is 5.75 Å². The zero-order chi connectivity index (χ0) is 11.8. The number of rotatable bonds is 2. The molecule has 1 heterocycles. The number of benzene rings is 1. The molecule has 1 amide bonds. The SMILES string of the molecule is O=C(NC1CC1)c1ccc2cccc(O)c2n1. The zero-order valence-electron chi connectivity index (χ0n) is 9.18. The molecule has 0 atom stereocenters. The summed E-state index contributed by atoms with van der Waals surface area (Å²) in [4.78, 5) is 16.0. The molecule has 1 aromatic heterocycles. The third-order valence-corrected chi connectivity index (χ3v) is 2.84. The highest BCUT2D eigenvalue weighted by Gasteiger charge is 2.24. The fourth-order valence-electron chi connectivity index (χ4n) is 1.74. The van der Waals surface area contributed by atoms with Gasteiger partial charge in [-0.1, -0.05) is 18.2 Å². The van der Waals surface area contributed by atoms with E-state index in [9.17, 15) is 9.90 Å². The molecular weight excluding hydrogens is 216 g/mol. The van der Waals surface area contributed by atoms with Gasteiger partial charge in [-0.25, -0.2) is 4.98 Å². The number of carbonyl (C=O) groups excluding carboxylic acids is 1. The second-order valence-electron chi connectivity index (χ2n) is 4.29. The number of pyridine rings is 1. The van der Waals surface area contributed by atoms with E-state index in [1.54, 1.807) is 24.3 Å². The second kappa shape index (κ2) is 3.73. The van der Waals surface area contributed by atoms with Crippen LogP contribution in [0.3, 0.4) is 0 Å². The summed E-state index contributed by atoms with van der Waals surface area (Å²) in [5, 5.41) is 13.4. The van der Waals surface area contributed by atoms with Crippen molar-refractivity contribution in [1.82, 2.24) is 10.3 Å². The van der Waals surface area contributed by atoms with E-state index in [0.29, 0.717) is 17.3 Å². The van der Waals surface area contributed by atoms with Gasteiger partial charge in [0.2, 0.25) is 0 Å². The Morgan fingerprint density at radius 1 is 1.29 bits per heavy atom. The van der Waals surface area contributed by atoms with E-state index >= 15 is 0 Å². The Labute approximate surface area is 98.3 Å². The highest BCUT2D eigenvalue weighted by molar-refractivity contribution is 5.96. The first kappa shape index (κ1) is 10.1. The van der Waals surface area contributed by atoms with Gasteiger partial charge in [-0.15, -0.1) is 0 Å². The van der Waals surface area contributed by atoms with Crippen molar-refractivity contribution in [2.24, 2.45) is 0 Å². The lowest BCUT2D eigenvalue weighted by molar-refractivity contribution is 0.0946. The van der Waals surface area contributed by atoms with Gasteiger partial charge in [0.15, 0.2) is 0 Å². The molecule has 86 valence electrons. The van der Waals surface area contributed by atoms with Crippen LogP contribution in [0.1, 0.15) is 23.3 Å². The standard InChI is InChI=1S/C13H12N2O2/c16-11-3-1-2-8-4-7-10(15-12(8)11)13(17)14-9-5-6-9/h1-4,7,9,16H,5-6H2,(H,14,17). The molecule has 2 aromatic rings. The van der Waals surface area contributed by atoms with E-state index in [-0.39, 0.29) is 11.7 Å². The summed E-state index contributed by atoms with van der Waals surface area (Å²) in [7, 11) is 0. The molecule has 0 spiro atoms. The summed E-state index contributed by atoms with van der Waals surface area (Å²) in [6, 6.07) is 8.96. The number of carbonyl (C=O) groups is 1. The van der Waals surface area contributed by atoms with Crippen LogP contribution in [0.15, 0.2) is 30.3 Å². The molecule has 0 bridgehead atoms. The third-order valence-electron chi connectivity index (χ3n) is 2.84. The van der Waals surface area contributed by atoms with Gasteiger partial charge < -0.3 is 10.4 Å². The van der Waals surface area contributed by atoms with Crippen molar-refractivity contribution in [2.45, 2.75) is 18.9 Å². The molecule has 1 aliphatic rings. The summed E-state index contributed by atoms with van der Waals surface area (Å²) in [5.74, 6) is -0.0683. The van der Waals surface area contributed by atoms with E-state index < -0.39 is 0 Å². The quantitative estimate of drug-likeness (QED) is 0.824. The van der Waals surface area contributed by atoms with Crippen LogP contribution in [0, 0.1) is 0 Å². The molecule has 0 saturated heterocycles. The van der Waals surface area contributed by atoms with Crippen LogP contribution in [-0.4, -0.2) is 22.0 Å². The van der Waals surface area contributed by atoms with Crippen LogP contribution in [-0.2, 0) is 0 Å². The molecule has 1 fully saturated rings. The first-order valence-corrected chi connectivity index (χ1v) is 5.63. The van der Waals surface area contributed by atoms with E-state index in [1.165, 1.54) is 0 Å². The van der Waals surface area contributed by atoms with Crippen LogP contribution in [0.4, 0.5) is 0 Å². The Balaban J connectivity index is 1.99. The van der Waals surface area contributed by atoms with Crippen molar-refractivity contribution in [2.75, 3.05) is 0 Å². The lowest BCUT2D eigenvalue weighted by atomic mass is 10.2. The monoisotopic (exact) mass is 228 g/mol. The van der Waals surface area contributed by atoms with E-state index in [4.69, 9.17) is 0 Å². The number of aromatic hydroxyl groups is 1. The Kier molecular flexibility index (Phi) is 2.21. The molecule has 0 radical (unpaired) electrons. The fraction of sp³-hybridized carbons (Fsp3) is 0.231. The maximum Gasteiger partial charge on any atom is 0.270 e. The molecule has 1 aromatic carbocycles. The Bertz CT molecular complexity index is 591. The zero-order valence-corrected chi connectivity index (χ0v) is 9.18. The number of aromatic nitrogens is 1. The number of nitrogens with one attached hydrogen (secondary N) is 1. The Hall–Kier alpha value is -2.10. The van der Waals surface area contributed by atoms with E-state index in [1.807, 2.05) is 6.07 Å². The van der Waals surface area contributed by atoms with E-state index in [2.05, 4.69) is 10.3 Å². The number of hydrogen-bond donors (Lipinski definition) is 2. The molecule has 3 rings (SSSR count). The lowest BCUT2D eigenvalue weighted by Crippen LogP contribution is -2.26. The van der Waals surface area contributed by atoms with Gasteiger partial charge in [-0.05, 0) is 25.0 Å². The van der Waals surface area contributed by atoms with Crippen molar-refractivity contribution in [1.29, 1.82) is 0 Å². The normalized spacial score (nSPS) is 14.8. The minimum Gasteiger partial charge on any atom is -0.506 e. The summed E-state index contributed by atoms with van der Waals surface area (Å²) in [6.45, 7) is 0. The average Bonchev–Trinajstić information content (AvgIpc) is 3.13. The first-order chi connectivity index (χ1) is 8.24. The molecule has 17 heavy (non-hydrogen) atoms. The maximum atomic E-state index is 11.8. The van der Waals surface area contributed by atoms with Crippen LogP contribution < -0.4 is 5.32 Å². The summed E-state index contributed by atoms with van der Waals surface area (Å²) < 4.78 is 0. The van der Waals surface area contributed by atoms with Crippen LogP contribution in [0.5, 0.6) is 5.75 Å². The summed E-state index contributed by atoms with van der Waals surface area (Å²) >= 11 is 0. The van der Waals surface area contributed by atoms with Gasteiger partial charge >= 0.3 is 0 Å². The first-order valence-electron chi connectivity index (χ1n) is 5.63. The maximum absolute atomic E-state index is 11.8. The molecule has 2 N–H and O–H groups in total. The highest BCUT2D eigenvalue weighted by atomic mass is 16.3. The van der Waals surface area contributed by atoms with Gasteiger partial charge in [-0.3, -0.25) is 4.79 Å². The number of amides is 1. The number of hydrogen-bond acceptors (Lipinski definition) is 3. The van der Waals surface area contributed by atoms with Crippen LogP contribution in [0.25, 0.3) is 10.9 Å². The average molecular weight is 228 g/mol. The number of para-hydroxylation sites is 1. The van der Waals surface area contributed by atoms with Crippen molar-refractivity contribution >= 4 is 16.8 Å². The highest BCUT2D eigenvalue weighted by Crippen LogP contribution is 2.23. The Morgan fingerprint density at radius 2 is 2.12 bits per heavy atom. The molecule has 1 aliphatic carbocycles. The minimum absolute atomic E-state index is 0.101. The minimum atomic E-state index is -0.169. The van der Waals surface area contributed by atoms with Crippen LogP contribution >= 0.6 is 0 Å². The smallest absolute Gasteiger partial charge is 0.270 e. The molecule has 0 aliphatic heterocycles. The second-order valence-corrected chi connectivity index (χ2v) is 4.29. The molecular formula is C13H12N2O2. The van der Waals surface area contributed by atoms with Gasteiger partial charge in [0.05, 0.1) is 0 Å². The fourth-order valence-corrected chi connectivity index (χ4v) is 1.74. The number of phenolic OH excluding ortho intramolecular Hbond substituents is 1. The largest absolute Gasteiger partial charge is 0.506 e. The third kappa shape index (κ3) is 1.93. The molecule has 4 nitrogen and oxygen atoms in total. The van der Waals surface area contributed by atoms with Crippen molar-refractivity contribution in [3.05, 3.63) is 36.0 Å². The van der Waals surface area contributed by atoms with Gasteiger partial charge in [0.1, 0.15) is 17.0 Å². The summed E-state index contributed by atoms with van der Waals surface area (Å²) in [5.41, 5.74) is 0.821. The van der Waals surface area contributed by atoms with Gasteiger partial charge in [-0.2, -0.15) is 0 Å². The lowest BCUT2D eigenvalue weighted by Gasteiger charge is -2.04. The topological polar surface area (TPSA) is 62.2 Å². The molecule has 1 saturated carbocycles. The van der Waals surface area contributed by atoms with Crippen LogP contribution in [0.2, 0.25) is 0 Å². The van der Waals surface area contributed by atoms with E-state index in [0.717, 1.165) is 18.2 Å². The number of phenols is 1. The summed E-state index contributed by atoms with van der Waals surface area (Å²) in [6.07, 6.45) is 2.09.